The third kappa shape index (κ3) is 2.45. The average Bonchev–Trinajstić information content (AvgIpc) is 3.06. The van der Waals surface area contributed by atoms with Crippen molar-refractivity contribution in [3.05, 3.63) is 35.9 Å². The summed E-state index contributed by atoms with van der Waals surface area (Å²) in [5.41, 5.74) is 2.61. The monoisotopic (exact) mass is 311 g/mol. The van der Waals surface area contributed by atoms with Gasteiger partial charge in [-0.1, -0.05) is 5.21 Å². The number of aryl methyl sites for hydroxylation is 2. The van der Waals surface area contributed by atoms with Gasteiger partial charge in [0.15, 0.2) is 5.65 Å². The first-order chi connectivity index (χ1) is 11.2. The van der Waals surface area contributed by atoms with E-state index in [4.69, 9.17) is 0 Å². The van der Waals surface area contributed by atoms with Gasteiger partial charge in [0.1, 0.15) is 6.54 Å². The van der Waals surface area contributed by atoms with Crippen LogP contribution in [0.3, 0.4) is 0 Å². The SMILES string of the molecule is Cc1nn(CC(=O)N2CCCn3nncc3C2)c2ncccc12. The Balaban J connectivity index is 1.57. The predicted molar refractivity (Wildman–Crippen MR) is 82.3 cm³/mol. The van der Waals surface area contributed by atoms with Gasteiger partial charge in [0.25, 0.3) is 0 Å². The Morgan fingerprint density at radius 1 is 1.35 bits per heavy atom. The molecule has 8 nitrogen and oxygen atoms in total. The number of aromatic nitrogens is 6. The number of hydrogen-bond donors (Lipinski definition) is 0. The maximum Gasteiger partial charge on any atom is 0.244 e. The van der Waals surface area contributed by atoms with E-state index in [-0.39, 0.29) is 12.5 Å². The maximum atomic E-state index is 12.7. The van der Waals surface area contributed by atoms with E-state index in [1.807, 2.05) is 28.6 Å². The Bertz CT molecular complexity index is 866. The molecule has 0 atom stereocenters. The van der Waals surface area contributed by atoms with Crippen LogP contribution in [0.4, 0.5) is 0 Å². The van der Waals surface area contributed by atoms with E-state index in [9.17, 15) is 4.79 Å². The smallest absolute Gasteiger partial charge is 0.244 e. The maximum absolute atomic E-state index is 12.7. The van der Waals surface area contributed by atoms with Crippen LogP contribution in [0.5, 0.6) is 0 Å². The Hall–Kier alpha value is -2.77. The minimum absolute atomic E-state index is 0.0368. The summed E-state index contributed by atoms with van der Waals surface area (Å²) in [5, 5.41) is 13.4. The van der Waals surface area contributed by atoms with E-state index in [1.165, 1.54) is 0 Å². The summed E-state index contributed by atoms with van der Waals surface area (Å²) in [6.45, 7) is 4.18. The highest BCUT2D eigenvalue weighted by Crippen LogP contribution is 2.16. The lowest BCUT2D eigenvalue weighted by atomic mass is 10.3. The Labute approximate surface area is 132 Å². The van der Waals surface area contributed by atoms with Gasteiger partial charge >= 0.3 is 0 Å². The molecule has 1 aliphatic rings. The van der Waals surface area contributed by atoms with Gasteiger partial charge in [-0.2, -0.15) is 5.10 Å². The summed E-state index contributed by atoms with van der Waals surface area (Å²) in [6.07, 6.45) is 4.32. The summed E-state index contributed by atoms with van der Waals surface area (Å²) in [7, 11) is 0. The third-order valence-electron chi connectivity index (χ3n) is 4.18. The molecule has 1 aliphatic heterocycles. The van der Waals surface area contributed by atoms with Crippen molar-refractivity contribution in [3.8, 4) is 0 Å². The molecule has 0 aromatic carbocycles. The zero-order valence-electron chi connectivity index (χ0n) is 12.9. The molecule has 3 aromatic rings. The van der Waals surface area contributed by atoms with Crippen molar-refractivity contribution in [1.29, 1.82) is 0 Å². The molecule has 4 rings (SSSR count). The lowest BCUT2D eigenvalue weighted by Crippen LogP contribution is -2.33. The number of pyridine rings is 1. The van der Waals surface area contributed by atoms with Gasteiger partial charge < -0.3 is 4.90 Å². The summed E-state index contributed by atoms with van der Waals surface area (Å²) in [5.74, 6) is 0.0368. The fraction of sp³-hybridized carbons (Fsp3) is 0.400. The second kappa shape index (κ2) is 5.45. The number of hydrogen-bond acceptors (Lipinski definition) is 5. The van der Waals surface area contributed by atoms with Gasteiger partial charge in [-0.25, -0.2) is 14.3 Å². The van der Waals surface area contributed by atoms with Gasteiger partial charge in [0.2, 0.25) is 5.91 Å². The van der Waals surface area contributed by atoms with Crippen molar-refractivity contribution in [3.63, 3.8) is 0 Å². The zero-order valence-corrected chi connectivity index (χ0v) is 12.9. The van der Waals surface area contributed by atoms with Gasteiger partial charge in [-0.15, -0.1) is 5.10 Å². The molecule has 0 unspecified atom stereocenters. The Morgan fingerprint density at radius 2 is 2.26 bits per heavy atom. The predicted octanol–water partition coefficient (Wildman–Crippen LogP) is 0.764. The highest BCUT2D eigenvalue weighted by Gasteiger charge is 2.21. The Morgan fingerprint density at radius 3 is 3.17 bits per heavy atom. The van der Waals surface area contributed by atoms with Crippen LogP contribution < -0.4 is 0 Å². The molecule has 4 heterocycles. The fourth-order valence-corrected chi connectivity index (χ4v) is 2.99. The van der Waals surface area contributed by atoms with Crippen molar-refractivity contribution in [1.82, 2.24) is 34.7 Å². The summed E-state index contributed by atoms with van der Waals surface area (Å²) in [4.78, 5) is 18.9. The molecule has 0 bridgehead atoms. The highest BCUT2D eigenvalue weighted by molar-refractivity contribution is 5.81. The second-order valence-electron chi connectivity index (χ2n) is 5.73. The first-order valence-corrected chi connectivity index (χ1v) is 7.65. The molecule has 1 amide bonds. The molecule has 0 N–H and O–H groups in total. The lowest BCUT2D eigenvalue weighted by molar-refractivity contribution is -0.132. The highest BCUT2D eigenvalue weighted by atomic mass is 16.2. The molecule has 0 fully saturated rings. The van der Waals surface area contributed by atoms with E-state index in [0.29, 0.717) is 13.1 Å². The molecular formula is C15H17N7O. The quantitative estimate of drug-likeness (QED) is 0.698. The minimum Gasteiger partial charge on any atom is -0.335 e. The number of amides is 1. The first kappa shape index (κ1) is 13.9. The summed E-state index contributed by atoms with van der Waals surface area (Å²) >= 11 is 0. The van der Waals surface area contributed by atoms with Crippen molar-refractivity contribution >= 4 is 16.9 Å². The molecule has 0 saturated heterocycles. The van der Waals surface area contributed by atoms with Gasteiger partial charge in [-0.3, -0.25) is 4.79 Å². The van der Waals surface area contributed by atoms with Crippen LogP contribution in [0.2, 0.25) is 0 Å². The van der Waals surface area contributed by atoms with E-state index in [0.717, 1.165) is 35.4 Å². The summed E-state index contributed by atoms with van der Waals surface area (Å²) < 4.78 is 3.55. The zero-order chi connectivity index (χ0) is 15.8. The molecule has 23 heavy (non-hydrogen) atoms. The standard InChI is InChI=1S/C15H17N7O/c1-11-13-4-2-5-16-15(13)22(18-11)10-14(23)20-6-3-7-21-12(9-20)8-17-19-21/h2,4-5,8H,3,6-7,9-10H2,1H3. The molecule has 0 saturated carbocycles. The van der Waals surface area contributed by atoms with Crippen molar-refractivity contribution in [2.45, 2.75) is 33.0 Å². The number of carbonyl (C=O) groups is 1. The van der Waals surface area contributed by atoms with Crippen LogP contribution in [0.15, 0.2) is 24.5 Å². The summed E-state index contributed by atoms with van der Waals surface area (Å²) in [6, 6.07) is 3.86. The van der Waals surface area contributed by atoms with Crippen LogP contribution in [-0.2, 0) is 24.4 Å². The molecule has 0 radical (unpaired) electrons. The van der Waals surface area contributed by atoms with Crippen LogP contribution >= 0.6 is 0 Å². The van der Waals surface area contributed by atoms with Gasteiger partial charge in [0, 0.05) is 24.7 Å². The lowest BCUT2D eigenvalue weighted by Gasteiger charge is -2.19. The van der Waals surface area contributed by atoms with E-state index >= 15 is 0 Å². The van der Waals surface area contributed by atoms with E-state index in [1.54, 1.807) is 17.1 Å². The first-order valence-electron chi connectivity index (χ1n) is 7.65. The molecule has 118 valence electrons. The fourth-order valence-electron chi connectivity index (χ4n) is 2.99. The normalized spacial score (nSPS) is 14.7. The molecule has 0 aliphatic carbocycles. The van der Waals surface area contributed by atoms with E-state index < -0.39 is 0 Å². The topological polar surface area (TPSA) is 81.7 Å². The average molecular weight is 311 g/mol. The van der Waals surface area contributed by atoms with Crippen LogP contribution in [0, 0.1) is 6.92 Å². The number of carbonyl (C=O) groups excluding carboxylic acids is 1. The number of fused-ring (bicyclic) bond motifs is 2. The largest absolute Gasteiger partial charge is 0.335 e. The van der Waals surface area contributed by atoms with Crippen LogP contribution in [0.1, 0.15) is 17.8 Å². The number of nitrogens with zero attached hydrogens (tertiary/aromatic N) is 7. The number of rotatable bonds is 2. The van der Waals surface area contributed by atoms with Crippen molar-refractivity contribution < 1.29 is 4.79 Å². The third-order valence-corrected chi connectivity index (χ3v) is 4.18. The molecular weight excluding hydrogens is 294 g/mol. The minimum atomic E-state index is 0.0368. The van der Waals surface area contributed by atoms with Crippen LogP contribution in [-0.4, -0.2) is 47.1 Å². The van der Waals surface area contributed by atoms with Crippen molar-refractivity contribution in [2.24, 2.45) is 0 Å². The van der Waals surface area contributed by atoms with E-state index in [2.05, 4.69) is 20.4 Å². The molecule has 3 aromatic heterocycles. The van der Waals surface area contributed by atoms with Gasteiger partial charge in [0.05, 0.1) is 24.1 Å². The van der Waals surface area contributed by atoms with Gasteiger partial charge in [-0.05, 0) is 25.5 Å². The second-order valence-corrected chi connectivity index (χ2v) is 5.73. The molecule has 0 spiro atoms. The molecule has 8 heteroatoms. The Kier molecular flexibility index (Phi) is 3.29. The van der Waals surface area contributed by atoms with Crippen LogP contribution in [0.25, 0.3) is 11.0 Å². The van der Waals surface area contributed by atoms with Crippen molar-refractivity contribution in [2.75, 3.05) is 6.54 Å².